The van der Waals surface area contributed by atoms with E-state index in [2.05, 4.69) is 19.9 Å². The summed E-state index contributed by atoms with van der Waals surface area (Å²) in [6.07, 6.45) is 2.68. The molecule has 6 heteroatoms. The predicted octanol–water partition coefficient (Wildman–Crippen LogP) is 4.18. The van der Waals surface area contributed by atoms with E-state index >= 15 is 0 Å². The smallest absolute Gasteiger partial charge is 0.243 e. The van der Waals surface area contributed by atoms with Gasteiger partial charge in [-0.25, -0.2) is 8.42 Å². The van der Waals surface area contributed by atoms with Crippen LogP contribution in [0.5, 0.6) is 5.75 Å². The largest absolute Gasteiger partial charge is 0.493 e. The third-order valence-corrected chi connectivity index (χ3v) is 7.03. The van der Waals surface area contributed by atoms with Crippen molar-refractivity contribution in [3.63, 3.8) is 0 Å². The van der Waals surface area contributed by atoms with Crippen molar-refractivity contribution < 1.29 is 13.2 Å². The second-order valence-corrected chi connectivity index (χ2v) is 9.78. The van der Waals surface area contributed by atoms with E-state index in [1.54, 1.807) is 39.9 Å². The molecule has 1 heterocycles. The Bertz CT molecular complexity index is 764. The number of ether oxygens (including phenoxy) is 1. The molecule has 0 unspecified atom stereocenters. The molecule has 1 aromatic heterocycles. The molecular weight excluding hydrogens is 354 g/mol. The quantitative estimate of drug-likeness (QED) is 0.657. The molecule has 0 N–H and O–H groups in total. The molecule has 0 bridgehead atoms. The Hall–Kier alpha value is -1.37. The molecule has 0 aliphatic heterocycles. The number of hydrogen-bond acceptors (Lipinski definition) is 4. The van der Waals surface area contributed by atoms with Gasteiger partial charge in [0.25, 0.3) is 0 Å². The van der Waals surface area contributed by atoms with Gasteiger partial charge in [-0.05, 0) is 60.9 Å². The maximum Gasteiger partial charge on any atom is 0.243 e. The van der Waals surface area contributed by atoms with E-state index in [0.717, 1.165) is 19.3 Å². The first-order valence-electron chi connectivity index (χ1n) is 8.74. The number of sulfonamides is 1. The van der Waals surface area contributed by atoms with Gasteiger partial charge in [0.2, 0.25) is 10.0 Å². The van der Waals surface area contributed by atoms with Crippen LogP contribution >= 0.6 is 11.3 Å². The summed E-state index contributed by atoms with van der Waals surface area (Å²) >= 11 is 1.68. The maximum atomic E-state index is 13.0. The van der Waals surface area contributed by atoms with E-state index in [-0.39, 0.29) is 6.04 Å². The lowest BCUT2D eigenvalue weighted by molar-refractivity contribution is 0.271. The molecule has 0 saturated heterocycles. The van der Waals surface area contributed by atoms with Crippen LogP contribution in [0.3, 0.4) is 0 Å². The average molecular weight is 380 g/mol. The van der Waals surface area contributed by atoms with Gasteiger partial charge in [0.1, 0.15) is 5.75 Å². The van der Waals surface area contributed by atoms with Crippen molar-refractivity contribution in [2.24, 2.45) is 5.92 Å². The Morgan fingerprint density at radius 3 is 2.48 bits per heavy atom. The summed E-state index contributed by atoms with van der Waals surface area (Å²) < 4.78 is 33.4. The van der Waals surface area contributed by atoms with Crippen molar-refractivity contribution >= 4 is 21.4 Å². The second kappa shape index (κ2) is 7.89. The maximum absolute atomic E-state index is 13.0. The average Bonchev–Trinajstić information content (AvgIpc) is 3.28. The van der Waals surface area contributed by atoms with Crippen LogP contribution in [0.2, 0.25) is 0 Å². The molecule has 1 aromatic carbocycles. The van der Waals surface area contributed by atoms with Crippen molar-refractivity contribution in [1.29, 1.82) is 0 Å². The van der Waals surface area contributed by atoms with E-state index in [1.807, 2.05) is 11.4 Å². The fourth-order valence-corrected chi connectivity index (χ4v) is 5.03. The van der Waals surface area contributed by atoms with Crippen LogP contribution in [0.15, 0.2) is 46.7 Å². The molecule has 136 valence electrons. The van der Waals surface area contributed by atoms with Gasteiger partial charge in [0.05, 0.1) is 11.5 Å². The zero-order valence-electron chi connectivity index (χ0n) is 14.7. The molecule has 1 fully saturated rings. The van der Waals surface area contributed by atoms with Gasteiger partial charge < -0.3 is 4.74 Å². The minimum absolute atomic E-state index is 0.154. The van der Waals surface area contributed by atoms with Crippen LogP contribution in [0.4, 0.5) is 0 Å². The fourth-order valence-electron chi connectivity index (χ4n) is 2.64. The molecule has 1 saturated carbocycles. The number of hydrogen-bond donors (Lipinski definition) is 0. The van der Waals surface area contributed by atoms with Gasteiger partial charge in [0, 0.05) is 17.5 Å². The zero-order chi connectivity index (χ0) is 17.9. The van der Waals surface area contributed by atoms with E-state index in [0.29, 0.717) is 29.7 Å². The fraction of sp³-hybridized carbons (Fsp3) is 0.474. The van der Waals surface area contributed by atoms with Gasteiger partial charge >= 0.3 is 0 Å². The lowest BCUT2D eigenvalue weighted by atomic mass is 10.2. The van der Waals surface area contributed by atoms with Crippen molar-refractivity contribution in [1.82, 2.24) is 4.31 Å². The minimum Gasteiger partial charge on any atom is -0.493 e. The molecule has 2 aromatic rings. The van der Waals surface area contributed by atoms with Gasteiger partial charge in [-0.2, -0.15) is 4.31 Å². The highest BCUT2D eigenvalue weighted by molar-refractivity contribution is 7.89. The van der Waals surface area contributed by atoms with Gasteiger partial charge in [-0.3, -0.25) is 0 Å². The Balaban J connectivity index is 1.71. The highest BCUT2D eigenvalue weighted by Crippen LogP contribution is 2.33. The molecule has 0 radical (unpaired) electrons. The molecule has 3 rings (SSSR count). The highest BCUT2D eigenvalue weighted by Gasteiger charge is 2.37. The number of nitrogens with zero attached hydrogens (tertiary/aromatic N) is 1. The van der Waals surface area contributed by atoms with Crippen LogP contribution in [0.25, 0.3) is 0 Å². The first-order valence-corrected chi connectivity index (χ1v) is 11.1. The van der Waals surface area contributed by atoms with Crippen LogP contribution in [-0.2, 0) is 16.4 Å². The normalized spacial score (nSPS) is 15.0. The van der Waals surface area contributed by atoms with Crippen molar-refractivity contribution in [2.45, 2.75) is 44.0 Å². The van der Waals surface area contributed by atoms with Crippen molar-refractivity contribution in [2.75, 3.05) is 13.2 Å². The number of thiophene rings is 1. The van der Waals surface area contributed by atoms with Crippen LogP contribution in [0, 0.1) is 5.92 Å². The molecule has 25 heavy (non-hydrogen) atoms. The van der Waals surface area contributed by atoms with Crippen LogP contribution in [-0.4, -0.2) is 31.9 Å². The summed E-state index contributed by atoms with van der Waals surface area (Å²) in [5, 5.41) is 2.03. The van der Waals surface area contributed by atoms with Gasteiger partial charge in [-0.1, -0.05) is 19.9 Å². The molecule has 4 nitrogen and oxygen atoms in total. The summed E-state index contributed by atoms with van der Waals surface area (Å²) in [7, 11) is -3.46. The first kappa shape index (κ1) is 18.4. The Morgan fingerprint density at radius 2 is 1.92 bits per heavy atom. The van der Waals surface area contributed by atoms with E-state index in [1.165, 1.54) is 4.88 Å². The summed E-state index contributed by atoms with van der Waals surface area (Å²) in [6, 6.07) is 11.0. The molecule has 0 spiro atoms. The van der Waals surface area contributed by atoms with Crippen LogP contribution in [0.1, 0.15) is 31.6 Å². The zero-order valence-corrected chi connectivity index (χ0v) is 16.4. The van der Waals surface area contributed by atoms with E-state index in [9.17, 15) is 8.42 Å². The monoisotopic (exact) mass is 379 g/mol. The predicted molar refractivity (Wildman–Crippen MR) is 102 cm³/mol. The van der Waals surface area contributed by atoms with Crippen LogP contribution < -0.4 is 4.74 Å². The van der Waals surface area contributed by atoms with Gasteiger partial charge in [0.15, 0.2) is 0 Å². The van der Waals surface area contributed by atoms with Crippen molar-refractivity contribution in [3.8, 4) is 5.75 Å². The first-order chi connectivity index (χ1) is 12.0. The molecule has 1 aliphatic carbocycles. The second-order valence-electron chi connectivity index (χ2n) is 6.85. The summed E-state index contributed by atoms with van der Waals surface area (Å²) in [5.74, 6) is 1.15. The Labute approximate surface area is 154 Å². The highest BCUT2D eigenvalue weighted by atomic mass is 32.2. The van der Waals surface area contributed by atoms with Crippen molar-refractivity contribution in [3.05, 3.63) is 46.7 Å². The molecule has 0 amide bonds. The summed E-state index contributed by atoms with van der Waals surface area (Å²) in [5.41, 5.74) is 0. The van der Waals surface area contributed by atoms with E-state index in [4.69, 9.17) is 4.74 Å². The van der Waals surface area contributed by atoms with E-state index < -0.39 is 10.0 Å². The lowest BCUT2D eigenvalue weighted by Gasteiger charge is -2.22. The topological polar surface area (TPSA) is 46.6 Å². The van der Waals surface area contributed by atoms with Gasteiger partial charge in [-0.15, -0.1) is 11.3 Å². The third-order valence-electron chi connectivity index (χ3n) is 4.13. The molecule has 0 atom stereocenters. The number of rotatable bonds is 9. The molecule has 1 aliphatic rings. The minimum atomic E-state index is -3.46. The Morgan fingerprint density at radius 1 is 1.20 bits per heavy atom. The Kier molecular flexibility index (Phi) is 5.81. The lowest BCUT2D eigenvalue weighted by Crippen LogP contribution is -2.34. The third kappa shape index (κ3) is 4.84. The SMILES string of the molecule is CC(C)COc1ccc(S(=O)(=O)N(CCc2cccs2)C2CC2)cc1. The summed E-state index contributed by atoms with van der Waals surface area (Å²) in [6.45, 7) is 5.33. The number of benzene rings is 1. The molecular formula is C19H25NO3S2. The standard InChI is InChI=1S/C19H25NO3S2/c1-15(2)14-23-17-7-9-19(10-8-17)25(21,22)20(16-5-6-16)12-11-18-4-3-13-24-18/h3-4,7-10,13,15-16H,5-6,11-12,14H2,1-2H3. The summed E-state index contributed by atoms with van der Waals surface area (Å²) in [4.78, 5) is 1.57.